The number of cyclic esters (lactones) is 1. The Kier molecular flexibility index (Phi) is 3.13. The van der Waals surface area contributed by atoms with Crippen molar-refractivity contribution in [3.05, 3.63) is 35.4 Å². The van der Waals surface area contributed by atoms with Gasteiger partial charge in [0, 0.05) is 6.42 Å². The summed E-state index contributed by atoms with van der Waals surface area (Å²) in [5.41, 5.74) is 2.05. The average Bonchev–Trinajstić information content (AvgIpc) is 2.71. The van der Waals surface area contributed by atoms with Crippen molar-refractivity contribution in [1.29, 1.82) is 0 Å². The van der Waals surface area contributed by atoms with E-state index in [2.05, 4.69) is 4.74 Å². The molecule has 0 spiro atoms. The molecule has 0 amide bonds. The second-order valence-electron chi connectivity index (χ2n) is 4.15. The summed E-state index contributed by atoms with van der Waals surface area (Å²) in [5.74, 6) is -1.81. The molecule has 1 fully saturated rings. The Labute approximate surface area is 99.5 Å². The van der Waals surface area contributed by atoms with E-state index in [9.17, 15) is 9.59 Å². The van der Waals surface area contributed by atoms with E-state index in [1.54, 1.807) is 0 Å². The number of hydrogen-bond acceptors (Lipinski definition) is 4. The standard InChI is InChI=1S/C13H14O4/c1-8-3-5-9(6-4-8)11-7-10(12(14)16-2)13(15)17-11/h3-6,10-11H,7H2,1-2H3. The normalized spacial score (nSPS) is 23.3. The average molecular weight is 234 g/mol. The van der Waals surface area contributed by atoms with E-state index in [0.717, 1.165) is 11.1 Å². The first kappa shape index (κ1) is 11.6. The fourth-order valence-electron chi connectivity index (χ4n) is 1.90. The van der Waals surface area contributed by atoms with Crippen molar-refractivity contribution >= 4 is 11.9 Å². The van der Waals surface area contributed by atoms with Crippen LogP contribution in [0.5, 0.6) is 0 Å². The molecule has 0 bridgehead atoms. The highest BCUT2D eigenvalue weighted by Gasteiger charge is 2.40. The van der Waals surface area contributed by atoms with Gasteiger partial charge >= 0.3 is 11.9 Å². The number of rotatable bonds is 2. The monoisotopic (exact) mass is 234 g/mol. The molecule has 1 aromatic rings. The summed E-state index contributed by atoms with van der Waals surface area (Å²) < 4.78 is 9.75. The third kappa shape index (κ3) is 2.30. The van der Waals surface area contributed by atoms with Gasteiger partial charge in [0.2, 0.25) is 0 Å². The molecule has 4 heteroatoms. The minimum absolute atomic E-state index is 0.341. The summed E-state index contributed by atoms with van der Waals surface area (Å²) in [4.78, 5) is 22.8. The number of hydrogen-bond donors (Lipinski definition) is 0. The lowest BCUT2D eigenvalue weighted by Crippen LogP contribution is -2.20. The van der Waals surface area contributed by atoms with Crippen molar-refractivity contribution < 1.29 is 19.1 Å². The van der Waals surface area contributed by atoms with Crippen LogP contribution in [0.3, 0.4) is 0 Å². The van der Waals surface area contributed by atoms with Crippen LogP contribution in [0.4, 0.5) is 0 Å². The molecule has 2 unspecified atom stereocenters. The van der Waals surface area contributed by atoms with E-state index < -0.39 is 17.9 Å². The number of benzene rings is 1. The molecule has 1 aliphatic heterocycles. The maximum Gasteiger partial charge on any atom is 0.321 e. The Morgan fingerprint density at radius 1 is 1.35 bits per heavy atom. The predicted octanol–water partition coefficient (Wildman–Crippen LogP) is 1.77. The molecule has 4 nitrogen and oxygen atoms in total. The Morgan fingerprint density at radius 2 is 2.00 bits per heavy atom. The lowest BCUT2D eigenvalue weighted by atomic mass is 10.00. The van der Waals surface area contributed by atoms with Gasteiger partial charge in [-0.1, -0.05) is 29.8 Å². The van der Waals surface area contributed by atoms with Gasteiger partial charge in [-0.25, -0.2) is 0 Å². The van der Waals surface area contributed by atoms with Crippen LogP contribution in [0.25, 0.3) is 0 Å². The molecule has 1 saturated heterocycles. The van der Waals surface area contributed by atoms with E-state index in [0.29, 0.717) is 6.42 Å². The molecule has 2 atom stereocenters. The van der Waals surface area contributed by atoms with Gasteiger partial charge in [0.25, 0.3) is 0 Å². The van der Waals surface area contributed by atoms with Gasteiger partial charge in [0.15, 0.2) is 5.92 Å². The summed E-state index contributed by atoms with van der Waals surface area (Å²) >= 11 is 0. The first-order valence-electron chi connectivity index (χ1n) is 5.46. The molecule has 1 aromatic carbocycles. The maximum atomic E-state index is 11.5. The van der Waals surface area contributed by atoms with Crippen molar-refractivity contribution in [2.75, 3.05) is 7.11 Å². The second kappa shape index (κ2) is 4.57. The SMILES string of the molecule is COC(=O)C1CC(c2ccc(C)cc2)OC1=O. The van der Waals surface area contributed by atoms with Crippen LogP contribution < -0.4 is 0 Å². The van der Waals surface area contributed by atoms with E-state index in [4.69, 9.17) is 4.74 Å². The molecule has 17 heavy (non-hydrogen) atoms. The maximum absolute atomic E-state index is 11.5. The lowest BCUT2D eigenvalue weighted by molar-refractivity contribution is -0.154. The smallest absolute Gasteiger partial charge is 0.321 e. The van der Waals surface area contributed by atoms with Crippen LogP contribution in [-0.2, 0) is 19.1 Å². The molecule has 0 aromatic heterocycles. The molecule has 1 aliphatic rings. The third-order valence-electron chi connectivity index (χ3n) is 2.93. The summed E-state index contributed by atoms with van der Waals surface area (Å²) in [5, 5.41) is 0. The van der Waals surface area contributed by atoms with Crippen LogP contribution in [0, 0.1) is 12.8 Å². The number of aryl methyl sites for hydroxylation is 1. The van der Waals surface area contributed by atoms with Crippen molar-refractivity contribution in [3.8, 4) is 0 Å². The van der Waals surface area contributed by atoms with Crippen LogP contribution in [0.1, 0.15) is 23.7 Å². The number of esters is 2. The minimum Gasteiger partial charge on any atom is -0.468 e. The number of ether oxygens (including phenoxy) is 2. The van der Waals surface area contributed by atoms with Gasteiger partial charge in [-0.15, -0.1) is 0 Å². The van der Waals surface area contributed by atoms with Crippen LogP contribution in [0.15, 0.2) is 24.3 Å². The zero-order valence-corrected chi connectivity index (χ0v) is 9.80. The molecule has 0 saturated carbocycles. The summed E-state index contributed by atoms with van der Waals surface area (Å²) in [6.07, 6.45) is 0.0152. The van der Waals surface area contributed by atoms with E-state index in [-0.39, 0.29) is 6.10 Å². The van der Waals surface area contributed by atoms with Gasteiger partial charge in [-0.05, 0) is 12.5 Å². The minimum atomic E-state index is -0.786. The number of carbonyl (C=O) groups excluding carboxylic acids is 2. The Balaban J connectivity index is 2.13. The van der Waals surface area contributed by atoms with E-state index in [1.807, 2.05) is 31.2 Å². The largest absolute Gasteiger partial charge is 0.468 e. The zero-order chi connectivity index (χ0) is 12.4. The first-order valence-corrected chi connectivity index (χ1v) is 5.46. The highest BCUT2D eigenvalue weighted by atomic mass is 16.6. The summed E-state index contributed by atoms with van der Waals surface area (Å²) in [7, 11) is 1.27. The lowest BCUT2D eigenvalue weighted by Gasteiger charge is -2.08. The first-order chi connectivity index (χ1) is 8.11. The zero-order valence-electron chi connectivity index (χ0n) is 9.80. The molecule has 0 N–H and O–H groups in total. The van der Waals surface area contributed by atoms with Gasteiger partial charge in [0.1, 0.15) is 6.10 Å². The highest BCUT2D eigenvalue weighted by molar-refractivity contribution is 5.96. The second-order valence-corrected chi connectivity index (χ2v) is 4.15. The summed E-state index contributed by atoms with van der Waals surface area (Å²) in [6.45, 7) is 1.99. The summed E-state index contributed by atoms with van der Waals surface area (Å²) in [6, 6.07) is 7.73. The topological polar surface area (TPSA) is 52.6 Å². The molecule has 1 heterocycles. The Bertz CT molecular complexity index is 435. The van der Waals surface area contributed by atoms with E-state index in [1.165, 1.54) is 7.11 Å². The quantitative estimate of drug-likeness (QED) is 0.578. The molecule has 0 radical (unpaired) electrons. The number of methoxy groups -OCH3 is 1. The van der Waals surface area contributed by atoms with Crippen LogP contribution >= 0.6 is 0 Å². The van der Waals surface area contributed by atoms with Gasteiger partial charge in [-0.2, -0.15) is 0 Å². The van der Waals surface area contributed by atoms with Crippen molar-refractivity contribution in [2.24, 2.45) is 5.92 Å². The molecule has 90 valence electrons. The van der Waals surface area contributed by atoms with Crippen molar-refractivity contribution in [1.82, 2.24) is 0 Å². The third-order valence-corrected chi connectivity index (χ3v) is 2.93. The Hall–Kier alpha value is -1.84. The van der Waals surface area contributed by atoms with Crippen molar-refractivity contribution in [2.45, 2.75) is 19.4 Å². The van der Waals surface area contributed by atoms with Gasteiger partial charge < -0.3 is 9.47 Å². The molecule has 2 rings (SSSR count). The number of carbonyl (C=O) groups is 2. The fraction of sp³-hybridized carbons (Fsp3) is 0.385. The predicted molar refractivity (Wildman–Crippen MR) is 60.1 cm³/mol. The molecular weight excluding hydrogens is 220 g/mol. The highest BCUT2D eigenvalue weighted by Crippen LogP contribution is 2.33. The van der Waals surface area contributed by atoms with Gasteiger partial charge in [0.05, 0.1) is 7.11 Å². The molecule has 0 aliphatic carbocycles. The van der Waals surface area contributed by atoms with E-state index >= 15 is 0 Å². The van der Waals surface area contributed by atoms with Crippen LogP contribution in [0.2, 0.25) is 0 Å². The van der Waals surface area contributed by atoms with Gasteiger partial charge in [-0.3, -0.25) is 9.59 Å². The fourth-order valence-corrected chi connectivity index (χ4v) is 1.90. The Morgan fingerprint density at radius 3 is 2.59 bits per heavy atom. The molecular formula is C13H14O4. The van der Waals surface area contributed by atoms with Crippen molar-refractivity contribution in [3.63, 3.8) is 0 Å². The van der Waals surface area contributed by atoms with Crippen LogP contribution in [-0.4, -0.2) is 19.0 Å².